The van der Waals surface area contributed by atoms with Crippen molar-refractivity contribution in [2.75, 3.05) is 11.5 Å². The van der Waals surface area contributed by atoms with Gasteiger partial charge in [-0.15, -0.1) is 11.3 Å². The monoisotopic (exact) mass is 350 g/mol. The zero-order valence-corrected chi connectivity index (χ0v) is 14.4. The molecule has 0 N–H and O–H groups in total. The van der Waals surface area contributed by atoms with Crippen molar-refractivity contribution in [3.8, 4) is 5.75 Å². The molecule has 0 aliphatic heterocycles. The lowest BCUT2D eigenvalue weighted by Gasteiger charge is -2.32. The molecule has 1 amide bonds. The average Bonchev–Trinajstić information content (AvgIpc) is 3.09. The highest BCUT2D eigenvalue weighted by atomic mass is 35.5. The molecule has 0 saturated heterocycles. The Morgan fingerprint density at radius 2 is 2.09 bits per heavy atom. The first-order valence-corrected chi connectivity index (χ1v) is 9.10. The smallest absolute Gasteiger partial charge is 0.266 e. The Labute approximate surface area is 145 Å². The fraction of sp³-hybridized carbons (Fsp3) is 0.412. The molecule has 1 saturated carbocycles. The van der Waals surface area contributed by atoms with Gasteiger partial charge in [-0.2, -0.15) is 0 Å². The Morgan fingerprint density at radius 3 is 2.78 bits per heavy atom. The van der Waals surface area contributed by atoms with E-state index in [1.807, 2.05) is 22.4 Å². The zero-order valence-electron chi connectivity index (χ0n) is 12.8. The summed E-state index contributed by atoms with van der Waals surface area (Å²) in [6.07, 6.45) is 7.34. The maximum Gasteiger partial charge on any atom is 0.266 e. The number of hydrogen-bond donors (Lipinski definition) is 0. The van der Waals surface area contributed by atoms with E-state index in [1.54, 1.807) is 18.3 Å². The van der Waals surface area contributed by atoms with Gasteiger partial charge in [0.05, 0.1) is 5.02 Å². The molecule has 6 heteroatoms. The predicted molar refractivity (Wildman–Crippen MR) is 93.4 cm³/mol. The van der Waals surface area contributed by atoms with Crippen LogP contribution in [0.2, 0.25) is 5.02 Å². The number of hydrogen-bond acceptors (Lipinski definition) is 4. The van der Waals surface area contributed by atoms with Gasteiger partial charge in [0.25, 0.3) is 5.91 Å². The minimum atomic E-state index is -0.0632. The van der Waals surface area contributed by atoms with Crippen LogP contribution in [0.25, 0.3) is 0 Å². The fourth-order valence-electron chi connectivity index (χ4n) is 2.91. The molecule has 1 heterocycles. The van der Waals surface area contributed by atoms with Crippen LogP contribution in [-0.2, 0) is 4.79 Å². The van der Waals surface area contributed by atoms with Gasteiger partial charge >= 0.3 is 0 Å². The summed E-state index contributed by atoms with van der Waals surface area (Å²) in [4.78, 5) is 18.9. The standard InChI is InChI=1S/C17H19ClN2O2S/c18-14-8-4-5-9-15(14)22-12-16(21)20(17-19-10-11-23-17)13-6-2-1-3-7-13/h4-5,8-11,13H,1-3,6-7,12H2. The third kappa shape index (κ3) is 4.03. The van der Waals surface area contributed by atoms with Gasteiger partial charge in [0.1, 0.15) is 5.75 Å². The van der Waals surface area contributed by atoms with Gasteiger partial charge in [-0.3, -0.25) is 9.69 Å². The number of amides is 1. The van der Waals surface area contributed by atoms with E-state index in [1.165, 1.54) is 17.8 Å². The van der Waals surface area contributed by atoms with Crippen molar-refractivity contribution in [3.05, 3.63) is 40.9 Å². The Bertz CT molecular complexity index is 642. The molecule has 23 heavy (non-hydrogen) atoms. The van der Waals surface area contributed by atoms with E-state index < -0.39 is 0 Å². The molecule has 4 nitrogen and oxygen atoms in total. The van der Waals surface area contributed by atoms with Crippen molar-refractivity contribution in [1.29, 1.82) is 0 Å². The van der Waals surface area contributed by atoms with Crippen LogP contribution in [0.5, 0.6) is 5.75 Å². The summed E-state index contributed by atoms with van der Waals surface area (Å²) in [7, 11) is 0. The molecule has 0 unspecified atom stereocenters. The quantitative estimate of drug-likeness (QED) is 0.795. The van der Waals surface area contributed by atoms with E-state index in [0.29, 0.717) is 10.8 Å². The van der Waals surface area contributed by atoms with Crippen LogP contribution in [0.4, 0.5) is 5.13 Å². The topological polar surface area (TPSA) is 42.4 Å². The van der Waals surface area contributed by atoms with Crippen molar-refractivity contribution >= 4 is 34.0 Å². The Balaban J connectivity index is 1.71. The van der Waals surface area contributed by atoms with E-state index in [-0.39, 0.29) is 18.6 Å². The summed E-state index contributed by atoms with van der Waals surface area (Å²) < 4.78 is 5.62. The molecule has 1 aromatic carbocycles. The predicted octanol–water partition coefficient (Wildman–Crippen LogP) is 4.54. The second-order valence-corrected chi connectivity index (χ2v) is 6.87. The summed E-state index contributed by atoms with van der Waals surface area (Å²) in [5.41, 5.74) is 0. The molecule has 1 aromatic heterocycles. The number of carbonyl (C=O) groups excluding carboxylic acids is 1. The molecule has 122 valence electrons. The van der Waals surface area contributed by atoms with E-state index in [9.17, 15) is 4.79 Å². The first kappa shape index (κ1) is 16.3. The van der Waals surface area contributed by atoms with E-state index in [0.717, 1.165) is 30.8 Å². The number of carbonyl (C=O) groups is 1. The lowest BCUT2D eigenvalue weighted by Crippen LogP contribution is -2.44. The number of ether oxygens (including phenoxy) is 1. The number of aromatic nitrogens is 1. The van der Waals surface area contributed by atoms with Gasteiger partial charge in [-0.05, 0) is 25.0 Å². The van der Waals surface area contributed by atoms with Crippen molar-refractivity contribution in [2.45, 2.75) is 38.1 Å². The van der Waals surface area contributed by atoms with Gasteiger partial charge in [0, 0.05) is 17.6 Å². The molecule has 1 aliphatic rings. The number of halogens is 1. The van der Waals surface area contributed by atoms with Crippen LogP contribution in [0.1, 0.15) is 32.1 Å². The van der Waals surface area contributed by atoms with E-state index in [2.05, 4.69) is 4.98 Å². The zero-order chi connectivity index (χ0) is 16.1. The molecule has 1 fully saturated rings. The van der Waals surface area contributed by atoms with Crippen LogP contribution in [0.3, 0.4) is 0 Å². The summed E-state index contributed by atoms with van der Waals surface area (Å²) in [6.45, 7) is -0.0280. The number of rotatable bonds is 5. The van der Waals surface area contributed by atoms with Crippen molar-refractivity contribution in [2.24, 2.45) is 0 Å². The van der Waals surface area contributed by atoms with Crippen LogP contribution < -0.4 is 9.64 Å². The Hall–Kier alpha value is -1.59. The molecule has 3 rings (SSSR count). The van der Waals surface area contributed by atoms with Crippen molar-refractivity contribution in [1.82, 2.24) is 4.98 Å². The van der Waals surface area contributed by atoms with E-state index >= 15 is 0 Å². The van der Waals surface area contributed by atoms with Crippen LogP contribution in [0, 0.1) is 0 Å². The number of anilines is 1. The summed E-state index contributed by atoms with van der Waals surface area (Å²) >= 11 is 7.57. The van der Waals surface area contributed by atoms with Gasteiger partial charge in [-0.25, -0.2) is 4.98 Å². The molecular weight excluding hydrogens is 332 g/mol. The fourth-order valence-corrected chi connectivity index (χ4v) is 3.83. The molecule has 0 radical (unpaired) electrons. The first-order valence-electron chi connectivity index (χ1n) is 7.84. The number of nitrogens with zero attached hydrogens (tertiary/aromatic N) is 2. The van der Waals surface area contributed by atoms with Gasteiger partial charge in [0.2, 0.25) is 0 Å². The second-order valence-electron chi connectivity index (χ2n) is 5.59. The highest BCUT2D eigenvalue weighted by molar-refractivity contribution is 7.13. The first-order chi connectivity index (χ1) is 11.3. The Morgan fingerprint density at radius 1 is 1.30 bits per heavy atom. The third-order valence-electron chi connectivity index (χ3n) is 4.02. The molecule has 1 aliphatic carbocycles. The number of benzene rings is 1. The molecule has 2 aromatic rings. The van der Waals surface area contributed by atoms with Crippen LogP contribution in [0.15, 0.2) is 35.8 Å². The summed E-state index contributed by atoms with van der Waals surface area (Å²) in [5.74, 6) is 0.469. The normalized spacial score (nSPS) is 15.3. The summed E-state index contributed by atoms with van der Waals surface area (Å²) in [5, 5.41) is 3.16. The van der Waals surface area contributed by atoms with Crippen LogP contribution in [-0.4, -0.2) is 23.5 Å². The molecule has 0 spiro atoms. The maximum absolute atomic E-state index is 12.8. The minimum Gasteiger partial charge on any atom is -0.482 e. The van der Waals surface area contributed by atoms with Crippen LogP contribution >= 0.6 is 22.9 Å². The lowest BCUT2D eigenvalue weighted by molar-refractivity contribution is -0.121. The highest BCUT2D eigenvalue weighted by Gasteiger charge is 2.28. The largest absolute Gasteiger partial charge is 0.482 e. The summed E-state index contributed by atoms with van der Waals surface area (Å²) in [6, 6.07) is 7.41. The molecule has 0 bridgehead atoms. The van der Waals surface area contributed by atoms with Crippen molar-refractivity contribution < 1.29 is 9.53 Å². The highest BCUT2D eigenvalue weighted by Crippen LogP contribution is 2.29. The number of para-hydroxylation sites is 1. The van der Waals surface area contributed by atoms with E-state index in [4.69, 9.17) is 16.3 Å². The second kappa shape index (κ2) is 7.79. The number of thiazole rings is 1. The minimum absolute atomic E-state index is 0.0280. The molecular formula is C17H19ClN2O2S. The van der Waals surface area contributed by atoms with Gasteiger partial charge in [0.15, 0.2) is 11.7 Å². The average molecular weight is 351 g/mol. The third-order valence-corrected chi connectivity index (χ3v) is 5.10. The van der Waals surface area contributed by atoms with Crippen molar-refractivity contribution in [3.63, 3.8) is 0 Å². The SMILES string of the molecule is O=C(COc1ccccc1Cl)N(c1nccs1)C1CCCCC1. The maximum atomic E-state index is 12.8. The lowest BCUT2D eigenvalue weighted by atomic mass is 9.94. The van der Waals surface area contributed by atoms with Gasteiger partial charge < -0.3 is 4.74 Å². The van der Waals surface area contributed by atoms with Gasteiger partial charge in [-0.1, -0.05) is 43.0 Å². The molecule has 0 atom stereocenters. The Kier molecular flexibility index (Phi) is 5.51.